The van der Waals surface area contributed by atoms with Crippen LogP contribution in [0.3, 0.4) is 0 Å². The van der Waals surface area contributed by atoms with E-state index in [1.807, 2.05) is 36.8 Å². The number of benzene rings is 4. The number of pyridine rings is 1. The van der Waals surface area contributed by atoms with Crippen molar-refractivity contribution in [2.75, 3.05) is 0 Å². The van der Waals surface area contributed by atoms with E-state index in [9.17, 15) is 0 Å². The molecule has 5 heterocycles. The zero-order valence-corrected chi connectivity index (χ0v) is 24.6. The maximum absolute atomic E-state index is 5.01. The van der Waals surface area contributed by atoms with Crippen LogP contribution in [0.2, 0.25) is 0 Å². The molecular weight excluding hydrogens is 552 g/mol. The van der Waals surface area contributed by atoms with Gasteiger partial charge in [0.1, 0.15) is 5.82 Å². The van der Waals surface area contributed by atoms with Crippen LogP contribution in [0.1, 0.15) is 0 Å². The highest BCUT2D eigenvalue weighted by Crippen LogP contribution is 2.37. The van der Waals surface area contributed by atoms with Crippen molar-refractivity contribution in [1.82, 2.24) is 28.2 Å². The molecule has 45 heavy (non-hydrogen) atoms. The predicted molar refractivity (Wildman–Crippen MR) is 182 cm³/mol. The number of aryl methyl sites for hydroxylation is 1. The molecule has 0 unspecified atom stereocenters. The summed E-state index contributed by atoms with van der Waals surface area (Å²) in [6, 6.07) is 42.7. The maximum atomic E-state index is 5.01. The molecule has 6 heteroatoms. The Morgan fingerprint density at radius 3 is 2.07 bits per heavy atom. The van der Waals surface area contributed by atoms with Gasteiger partial charge in [0.15, 0.2) is 0 Å². The van der Waals surface area contributed by atoms with Crippen LogP contribution >= 0.6 is 0 Å². The molecule has 0 aliphatic heterocycles. The second-order valence-electron chi connectivity index (χ2n) is 11.4. The molecule has 9 rings (SSSR count). The largest absolute Gasteiger partial charge is 0.327 e. The average molecular weight is 581 g/mol. The molecule has 0 atom stereocenters. The Morgan fingerprint density at radius 2 is 1.29 bits per heavy atom. The topological polar surface area (TPSA) is 45.5 Å². The summed E-state index contributed by atoms with van der Waals surface area (Å²) in [5.74, 6) is 0.948. The fourth-order valence-electron chi connectivity index (χ4n) is 6.52. The molecule has 5 aromatic heterocycles. The molecule has 4 aromatic carbocycles. The Morgan fingerprint density at radius 1 is 0.511 bits per heavy atom. The van der Waals surface area contributed by atoms with Crippen molar-refractivity contribution in [1.29, 1.82) is 0 Å². The minimum absolute atomic E-state index is 0.934. The van der Waals surface area contributed by atoms with E-state index in [0.29, 0.717) is 0 Å². The predicted octanol–water partition coefficient (Wildman–Crippen LogP) is 8.98. The molecule has 0 fully saturated rings. The van der Waals surface area contributed by atoms with E-state index in [1.165, 1.54) is 10.8 Å². The van der Waals surface area contributed by atoms with E-state index in [-0.39, 0.29) is 0 Å². The monoisotopic (exact) mass is 580 g/mol. The van der Waals surface area contributed by atoms with Gasteiger partial charge in [-0.3, -0.25) is 4.98 Å². The normalized spacial score (nSPS) is 11.7. The van der Waals surface area contributed by atoms with Gasteiger partial charge in [0.25, 0.3) is 0 Å². The standard InChI is InChI=1S/C39H28N6/c1-42-37-12-3-2-11-35(37)41-39(42)28-13-16-32-33-25-29(43-19-4-5-20-43)15-18-36(33)45(38(32)24-28)30-10-8-9-27(23-30)34-17-14-31(26-40-34)44-21-6-7-22-44/h2-26H,1H3. The summed E-state index contributed by atoms with van der Waals surface area (Å²) in [4.78, 5) is 9.85. The second-order valence-corrected chi connectivity index (χ2v) is 11.4. The average Bonchev–Trinajstić information content (AvgIpc) is 3.91. The number of rotatable bonds is 5. The van der Waals surface area contributed by atoms with E-state index < -0.39 is 0 Å². The van der Waals surface area contributed by atoms with E-state index in [2.05, 4.69) is 141 Å². The number of imidazole rings is 1. The van der Waals surface area contributed by atoms with Gasteiger partial charge in [-0.15, -0.1) is 0 Å². The molecule has 0 aliphatic carbocycles. The summed E-state index contributed by atoms with van der Waals surface area (Å²) in [5, 5.41) is 2.40. The summed E-state index contributed by atoms with van der Waals surface area (Å²) >= 11 is 0. The lowest BCUT2D eigenvalue weighted by Gasteiger charge is -2.12. The first-order valence-corrected chi connectivity index (χ1v) is 15.0. The van der Waals surface area contributed by atoms with Gasteiger partial charge in [-0.25, -0.2) is 4.98 Å². The number of fused-ring (bicyclic) bond motifs is 4. The van der Waals surface area contributed by atoms with E-state index in [0.717, 1.165) is 61.8 Å². The van der Waals surface area contributed by atoms with E-state index in [1.54, 1.807) is 0 Å². The lowest BCUT2D eigenvalue weighted by atomic mass is 10.1. The van der Waals surface area contributed by atoms with Gasteiger partial charge >= 0.3 is 0 Å². The fraction of sp³-hybridized carbons (Fsp3) is 0.0256. The number of hydrogen-bond acceptors (Lipinski definition) is 2. The van der Waals surface area contributed by atoms with Gasteiger partial charge < -0.3 is 18.3 Å². The highest BCUT2D eigenvalue weighted by molar-refractivity contribution is 6.11. The minimum atomic E-state index is 0.934. The van der Waals surface area contributed by atoms with Crippen LogP contribution in [0, 0.1) is 0 Å². The van der Waals surface area contributed by atoms with Crippen molar-refractivity contribution in [3.63, 3.8) is 0 Å². The van der Waals surface area contributed by atoms with Crippen LogP contribution in [-0.2, 0) is 7.05 Å². The van der Waals surface area contributed by atoms with Crippen molar-refractivity contribution in [2.45, 2.75) is 0 Å². The van der Waals surface area contributed by atoms with Crippen molar-refractivity contribution < 1.29 is 0 Å². The third kappa shape index (κ3) is 4.11. The quantitative estimate of drug-likeness (QED) is 0.204. The van der Waals surface area contributed by atoms with Gasteiger partial charge in [-0.05, 0) is 84.9 Å². The summed E-state index contributed by atoms with van der Waals surface area (Å²) in [7, 11) is 2.09. The highest BCUT2D eigenvalue weighted by atomic mass is 15.1. The van der Waals surface area contributed by atoms with Crippen LogP contribution < -0.4 is 0 Å². The number of hydrogen-bond donors (Lipinski definition) is 0. The molecule has 6 nitrogen and oxygen atoms in total. The SMILES string of the molecule is Cn1c(-c2ccc3c4cc(-n5cccc5)ccc4n(-c4cccc(-c5ccc(-n6cccc6)cn5)c4)c3c2)nc2ccccc21. The van der Waals surface area contributed by atoms with E-state index in [4.69, 9.17) is 9.97 Å². The second kappa shape index (κ2) is 9.96. The molecule has 0 amide bonds. The van der Waals surface area contributed by atoms with Crippen LogP contribution in [0.4, 0.5) is 0 Å². The van der Waals surface area contributed by atoms with Gasteiger partial charge in [0.05, 0.1) is 39.6 Å². The highest BCUT2D eigenvalue weighted by Gasteiger charge is 2.17. The molecule has 0 radical (unpaired) electrons. The molecule has 0 aliphatic rings. The third-order valence-corrected chi connectivity index (χ3v) is 8.75. The summed E-state index contributed by atoms with van der Waals surface area (Å²) < 4.78 is 8.76. The molecule has 0 saturated heterocycles. The molecule has 214 valence electrons. The molecule has 9 aromatic rings. The first kappa shape index (κ1) is 25.4. The smallest absolute Gasteiger partial charge is 0.140 e. The van der Waals surface area contributed by atoms with Crippen LogP contribution in [0.5, 0.6) is 0 Å². The minimum Gasteiger partial charge on any atom is -0.327 e. The molecular formula is C39H28N6. The summed E-state index contributed by atoms with van der Waals surface area (Å²) in [6.45, 7) is 0. The zero-order chi connectivity index (χ0) is 29.9. The van der Waals surface area contributed by atoms with Crippen LogP contribution in [0.15, 0.2) is 152 Å². The van der Waals surface area contributed by atoms with Crippen molar-refractivity contribution in [3.8, 4) is 39.7 Å². The van der Waals surface area contributed by atoms with Crippen molar-refractivity contribution in [2.24, 2.45) is 7.05 Å². The van der Waals surface area contributed by atoms with E-state index >= 15 is 0 Å². The molecule has 0 N–H and O–H groups in total. The summed E-state index contributed by atoms with van der Waals surface area (Å²) in [6.07, 6.45) is 10.2. The lowest BCUT2D eigenvalue weighted by Crippen LogP contribution is -1.97. The number of para-hydroxylation sites is 2. The Kier molecular flexibility index (Phi) is 5.62. The van der Waals surface area contributed by atoms with Crippen LogP contribution in [0.25, 0.3) is 72.5 Å². The Bertz CT molecular complexity index is 2480. The molecule has 0 spiro atoms. The molecule has 0 bridgehead atoms. The van der Waals surface area contributed by atoms with Crippen molar-refractivity contribution in [3.05, 3.63) is 152 Å². The first-order chi connectivity index (χ1) is 22.2. The lowest BCUT2D eigenvalue weighted by molar-refractivity contribution is 0.959. The first-order valence-electron chi connectivity index (χ1n) is 15.0. The van der Waals surface area contributed by atoms with Crippen LogP contribution in [-0.4, -0.2) is 28.2 Å². The van der Waals surface area contributed by atoms with Gasteiger partial charge in [0.2, 0.25) is 0 Å². The zero-order valence-electron chi connectivity index (χ0n) is 24.6. The number of aromatic nitrogens is 6. The third-order valence-electron chi connectivity index (χ3n) is 8.75. The Balaban J connectivity index is 1.24. The van der Waals surface area contributed by atoms with Crippen molar-refractivity contribution >= 4 is 32.8 Å². The summed E-state index contributed by atoms with van der Waals surface area (Å²) in [5.41, 5.74) is 10.7. The fourth-order valence-corrected chi connectivity index (χ4v) is 6.52. The van der Waals surface area contributed by atoms with Gasteiger partial charge in [-0.2, -0.15) is 0 Å². The Hall–Kier alpha value is -6.14. The maximum Gasteiger partial charge on any atom is 0.140 e. The Labute approximate surface area is 259 Å². The number of nitrogens with zero attached hydrogens (tertiary/aromatic N) is 6. The van der Waals surface area contributed by atoms with Gasteiger partial charge in [0, 0.05) is 65.1 Å². The van der Waals surface area contributed by atoms with Gasteiger partial charge in [-0.1, -0.05) is 36.4 Å². The molecule has 0 saturated carbocycles.